The van der Waals surface area contributed by atoms with Crippen molar-refractivity contribution < 1.29 is 0 Å². The summed E-state index contributed by atoms with van der Waals surface area (Å²) in [4.78, 5) is 2.23. The molecule has 0 bridgehead atoms. The van der Waals surface area contributed by atoms with Gasteiger partial charge in [-0.3, -0.25) is 0 Å². The Balaban J connectivity index is 1.74. The molecule has 0 spiro atoms. The van der Waals surface area contributed by atoms with Crippen LogP contribution in [0, 0.1) is 0 Å². The Bertz CT molecular complexity index is 616. The molecule has 5 heteroatoms. The highest BCUT2D eigenvalue weighted by Crippen LogP contribution is 2.38. The number of anilines is 1. The van der Waals surface area contributed by atoms with E-state index in [1.807, 2.05) is 54.2 Å². The highest BCUT2D eigenvalue weighted by atomic mass is 35.5. The molecule has 1 aliphatic heterocycles. The second-order valence-corrected chi connectivity index (χ2v) is 6.78. The van der Waals surface area contributed by atoms with Gasteiger partial charge in [-0.1, -0.05) is 41.9 Å². The van der Waals surface area contributed by atoms with Crippen LogP contribution in [-0.2, 0) is 0 Å². The van der Waals surface area contributed by atoms with Crippen LogP contribution in [0.1, 0.15) is 10.9 Å². The fourth-order valence-electron chi connectivity index (χ4n) is 2.30. The molecule has 1 N–H and O–H groups in total. The van der Waals surface area contributed by atoms with E-state index >= 15 is 0 Å². The molecule has 0 unspecified atom stereocenters. The maximum Gasteiger partial charge on any atom is 0.174 e. The van der Waals surface area contributed by atoms with Crippen molar-refractivity contribution >= 4 is 46.4 Å². The van der Waals surface area contributed by atoms with Gasteiger partial charge in [0.15, 0.2) is 5.11 Å². The van der Waals surface area contributed by atoms with Crippen LogP contribution in [0.3, 0.4) is 0 Å². The van der Waals surface area contributed by atoms with E-state index in [9.17, 15) is 0 Å². The van der Waals surface area contributed by atoms with Crippen molar-refractivity contribution in [3.05, 3.63) is 65.2 Å². The molecule has 3 rings (SSSR count). The minimum atomic E-state index is 0.256. The molecule has 2 nitrogen and oxygen atoms in total. The molecule has 108 valence electrons. The summed E-state index contributed by atoms with van der Waals surface area (Å²) in [5, 5.41) is 5.10. The number of benzene rings is 2. The SMILES string of the molecule is S=C(Nc1ccccc1)N1CCS[C@H]1c1ccc(Cl)cc1. The van der Waals surface area contributed by atoms with Gasteiger partial charge in [-0.25, -0.2) is 0 Å². The summed E-state index contributed by atoms with van der Waals surface area (Å²) in [7, 11) is 0. The van der Waals surface area contributed by atoms with Crippen LogP contribution in [0.2, 0.25) is 5.02 Å². The maximum atomic E-state index is 5.97. The third kappa shape index (κ3) is 3.51. The number of hydrogen-bond acceptors (Lipinski definition) is 2. The molecule has 2 aromatic rings. The first-order valence-electron chi connectivity index (χ1n) is 6.74. The van der Waals surface area contributed by atoms with Crippen molar-refractivity contribution in [2.24, 2.45) is 0 Å². The van der Waals surface area contributed by atoms with Gasteiger partial charge in [-0.15, -0.1) is 11.8 Å². The number of nitrogens with zero attached hydrogens (tertiary/aromatic N) is 1. The average molecular weight is 335 g/mol. The van der Waals surface area contributed by atoms with Gasteiger partial charge >= 0.3 is 0 Å². The van der Waals surface area contributed by atoms with Crippen LogP contribution in [0.5, 0.6) is 0 Å². The number of thioether (sulfide) groups is 1. The topological polar surface area (TPSA) is 15.3 Å². The number of hydrogen-bond donors (Lipinski definition) is 1. The van der Waals surface area contributed by atoms with E-state index < -0.39 is 0 Å². The molecule has 2 aromatic carbocycles. The maximum absolute atomic E-state index is 5.97. The van der Waals surface area contributed by atoms with Gasteiger partial charge in [-0.2, -0.15) is 0 Å². The lowest BCUT2D eigenvalue weighted by Gasteiger charge is -2.27. The molecule has 21 heavy (non-hydrogen) atoms. The van der Waals surface area contributed by atoms with E-state index in [-0.39, 0.29) is 5.37 Å². The predicted octanol–water partition coefficient (Wildman–Crippen LogP) is 4.78. The third-order valence-electron chi connectivity index (χ3n) is 3.33. The van der Waals surface area contributed by atoms with Gasteiger partial charge in [0.1, 0.15) is 5.37 Å². The summed E-state index contributed by atoms with van der Waals surface area (Å²) in [6.07, 6.45) is 0. The molecule has 0 saturated carbocycles. The standard InChI is InChI=1S/C16H15ClN2S2/c17-13-8-6-12(7-9-13)15-19(10-11-21-15)16(20)18-14-4-2-1-3-5-14/h1-9,15H,10-11H2,(H,18,20)/t15-/m0/s1. The second kappa shape index (κ2) is 6.69. The Hall–Kier alpha value is -1.23. The average Bonchev–Trinajstić information content (AvgIpc) is 2.98. The lowest BCUT2D eigenvalue weighted by Crippen LogP contribution is -2.34. The second-order valence-electron chi connectivity index (χ2n) is 4.76. The van der Waals surface area contributed by atoms with E-state index in [0.29, 0.717) is 0 Å². The molecule has 1 heterocycles. The molecule has 0 aromatic heterocycles. The summed E-state index contributed by atoms with van der Waals surface area (Å²) >= 11 is 13.4. The molecule has 1 aliphatic rings. The number of para-hydroxylation sites is 1. The lowest BCUT2D eigenvalue weighted by molar-refractivity contribution is 0.458. The van der Waals surface area contributed by atoms with Gasteiger partial charge in [0.2, 0.25) is 0 Å². The molecule has 0 amide bonds. The highest BCUT2D eigenvalue weighted by molar-refractivity contribution is 7.99. The molecule has 0 radical (unpaired) electrons. The van der Waals surface area contributed by atoms with Gasteiger partial charge in [0.25, 0.3) is 0 Å². The van der Waals surface area contributed by atoms with Crippen LogP contribution < -0.4 is 5.32 Å². The Kier molecular flexibility index (Phi) is 4.68. The first kappa shape index (κ1) is 14.7. The van der Waals surface area contributed by atoms with Gasteiger partial charge in [0.05, 0.1) is 0 Å². The van der Waals surface area contributed by atoms with Crippen LogP contribution in [0.15, 0.2) is 54.6 Å². The molecular formula is C16H15ClN2S2. The Morgan fingerprint density at radius 2 is 1.86 bits per heavy atom. The fourth-order valence-corrected chi connectivity index (χ4v) is 4.07. The quantitative estimate of drug-likeness (QED) is 0.794. The minimum absolute atomic E-state index is 0.256. The smallest absolute Gasteiger partial charge is 0.174 e. The van der Waals surface area contributed by atoms with Gasteiger partial charge in [0, 0.05) is 23.0 Å². The summed E-state index contributed by atoms with van der Waals surface area (Å²) < 4.78 is 0. The zero-order chi connectivity index (χ0) is 14.7. The van der Waals surface area contributed by atoms with Gasteiger partial charge in [-0.05, 0) is 42.0 Å². The first-order valence-corrected chi connectivity index (χ1v) is 8.57. The number of thiocarbonyl (C=S) groups is 1. The van der Waals surface area contributed by atoms with E-state index in [1.165, 1.54) is 5.56 Å². The van der Waals surface area contributed by atoms with E-state index in [1.54, 1.807) is 0 Å². The zero-order valence-corrected chi connectivity index (χ0v) is 13.7. The Morgan fingerprint density at radius 3 is 2.57 bits per heavy atom. The normalized spacial score (nSPS) is 17.8. The lowest BCUT2D eigenvalue weighted by atomic mass is 10.2. The highest BCUT2D eigenvalue weighted by Gasteiger charge is 2.28. The first-order chi connectivity index (χ1) is 10.2. The van der Waals surface area contributed by atoms with Crippen LogP contribution in [0.4, 0.5) is 5.69 Å². The summed E-state index contributed by atoms with van der Waals surface area (Å²) in [5.41, 5.74) is 2.26. The molecule has 1 atom stereocenters. The van der Waals surface area contributed by atoms with Crippen LogP contribution in [0.25, 0.3) is 0 Å². The van der Waals surface area contributed by atoms with Crippen LogP contribution >= 0.6 is 35.6 Å². The van der Waals surface area contributed by atoms with Gasteiger partial charge < -0.3 is 10.2 Å². The van der Waals surface area contributed by atoms with Crippen molar-refractivity contribution in [3.8, 4) is 0 Å². The fraction of sp³-hybridized carbons (Fsp3) is 0.188. The van der Waals surface area contributed by atoms with Crippen LogP contribution in [-0.4, -0.2) is 22.3 Å². The monoisotopic (exact) mass is 334 g/mol. The summed E-state index contributed by atoms with van der Waals surface area (Å²) in [6.45, 7) is 0.955. The van der Waals surface area contributed by atoms with Crippen molar-refractivity contribution in [2.75, 3.05) is 17.6 Å². The van der Waals surface area contributed by atoms with Crippen molar-refractivity contribution in [1.82, 2.24) is 4.90 Å². The van der Waals surface area contributed by atoms with E-state index in [4.69, 9.17) is 23.8 Å². The van der Waals surface area contributed by atoms with E-state index in [0.717, 1.165) is 28.1 Å². The number of halogens is 1. The van der Waals surface area contributed by atoms with Crippen molar-refractivity contribution in [1.29, 1.82) is 0 Å². The summed E-state index contributed by atoms with van der Waals surface area (Å²) in [6, 6.07) is 18.0. The number of nitrogens with one attached hydrogen (secondary N) is 1. The molecule has 1 fully saturated rings. The van der Waals surface area contributed by atoms with E-state index in [2.05, 4.69) is 22.3 Å². The molecular weight excluding hydrogens is 320 g/mol. The zero-order valence-electron chi connectivity index (χ0n) is 11.3. The number of rotatable bonds is 2. The molecule has 0 aliphatic carbocycles. The Morgan fingerprint density at radius 1 is 1.14 bits per heavy atom. The van der Waals surface area contributed by atoms with Crippen molar-refractivity contribution in [3.63, 3.8) is 0 Å². The largest absolute Gasteiger partial charge is 0.333 e. The predicted molar refractivity (Wildman–Crippen MR) is 96.0 cm³/mol. The minimum Gasteiger partial charge on any atom is -0.333 e. The Labute approximate surface area is 139 Å². The third-order valence-corrected chi connectivity index (χ3v) is 5.18. The summed E-state index contributed by atoms with van der Waals surface area (Å²) in [5.74, 6) is 1.07. The van der Waals surface area contributed by atoms with Crippen molar-refractivity contribution in [2.45, 2.75) is 5.37 Å². The molecule has 1 saturated heterocycles.